The Morgan fingerprint density at radius 1 is 0.929 bits per heavy atom. The lowest BCUT2D eigenvalue weighted by atomic mass is 10.1. The van der Waals surface area contributed by atoms with Crippen LogP contribution in [-0.2, 0) is 11.3 Å². The number of fused-ring (bicyclic) bond motifs is 2. The lowest BCUT2D eigenvalue weighted by Crippen LogP contribution is -2.31. The van der Waals surface area contributed by atoms with Gasteiger partial charge in [0.05, 0.1) is 28.8 Å². The van der Waals surface area contributed by atoms with Gasteiger partial charge in [-0.25, -0.2) is 4.79 Å². The van der Waals surface area contributed by atoms with Crippen molar-refractivity contribution < 1.29 is 19.1 Å². The Morgan fingerprint density at radius 3 is 2.32 bits per heavy atom. The van der Waals surface area contributed by atoms with Crippen LogP contribution in [0.4, 0.5) is 0 Å². The van der Waals surface area contributed by atoms with Gasteiger partial charge in [0.1, 0.15) is 0 Å². The summed E-state index contributed by atoms with van der Waals surface area (Å²) >= 11 is 0. The number of aryl methyl sites for hydroxylation is 1. The van der Waals surface area contributed by atoms with E-state index < -0.39 is 0 Å². The number of para-hydroxylation sites is 1. The monoisotopic (exact) mass is 376 g/mol. The molecule has 0 N–H and O–H groups in total. The molecule has 1 aliphatic heterocycles. The minimum atomic E-state index is -0.353. The van der Waals surface area contributed by atoms with Gasteiger partial charge in [-0.2, -0.15) is 0 Å². The van der Waals surface area contributed by atoms with E-state index in [1.807, 2.05) is 29.0 Å². The average Bonchev–Trinajstić information content (AvgIpc) is 3.23. The minimum absolute atomic E-state index is 0.245. The fourth-order valence-corrected chi connectivity index (χ4v) is 3.66. The predicted molar refractivity (Wildman–Crippen MR) is 104 cm³/mol. The van der Waals surface area contributed by atoms with Crippen molar-refractivity contribution in [1.29, 1.82) is 0 Å². The second-order valence-electron chi connectivity index (χ2n) is 6.63. The molecule has 0 aliphatic carbocycles. The highest BCUT2D eigenvalue weighted by atomic mass is 16.5. The lowest BCUT2D eigenvalue weighted by Gasteiger charge is -2.15. The van der Waals surface area contributed by atoms with Gasteiger partial charge in [-0.05, 0) is 37.6 Å². The number of rotatable bonds is 6. The van der Waals surface area contributed by atoms with E-state index in [2.05, 4.69) is 0 Å². The third-order valence-corrected chi connectivity index (χ3v) is 4.94. The van der Waals surface area contributed by atoms with Crippen LogP contribution in [0.5, 0.6) is 0 Å². The Bertz CT molecular complexity index is 1050. The summed E-state index contributed by atoms with van der Waals surface area (Å²) in [4.78, 5) is 38.5. The number of nitrogens with zero attached hydrogens (tertiary/aromatic N) is 2. The molecule has 0 saturated heterocycles. The van der Waals surface area contributed by atoms with E-state index in [4.69, 9.17) is 4.74 Å². The highest BCUT2D eigenvalue weighted by Crippen LogP contribution is 2.24. The molecule has 0 bridgehead atoms. The maximum absolute atomic E-state index is 12.5. The summed E-state index contributed by atoms with van der Waals surface area (Å²) in [5.74, 6) is -0.844. The second-order valence-corrected chi connectivity index (χ2v) is 6.63. The first-order valence-corrected chi connectivity index (χ1v) is 9.32. The molecule has 6 heteroatoms. The Hall–Kier alpha value is -3.41. The molecule has 0 unspecified atom stereocenters. The summed E-state index contributed by atoms with van der Waals surface area (Å²) in [5.41, 5.74) is 2.25. The van der Waals surface area contributed by atoms with Crippen LogP contribution in [0.3, 0.4) is 0 Å². The van der Waals surface area contributed by atoms with Gasteiger partial charge in [0.2, 0.25) is 0 Å². The van der Waals surface area contributed by atoms with Gasteiger partial charge in [0, 0.05) is 24.7 Å². The maximum atomic E-state index is 12.5. The fourth-order valence-electron chi connectivity index (χ4n) is 3.66. The molecule has 3 aromatic rings. The van der Waals surface area contributed by atoms with Crippen molar-refractivity contribution >= 4 is 28.7 Å². The molecule has 2 amide bonds. The van der Waals surface area contributed by atoms with Crippen LogP contribution < -0.4 is 0 Å². The largest absolute Gasteiger partial charge is 0.462 e. The molecule has 2 aromatic carbocycles. The quantitative estimate of drug-likeness (QED) is 0.488. The zero-order valence-electron chi connectivity index (χ0n) is 15.6. The zero-order valence-corrected chi connectivity index (χ0v) is 15.6. The highest BCUT2D eigenvalue weighted by Gasteiger charge is 2.34. The number of esters is 1. The van der Waals surface area contributed by atoms with E-state index in [1.165, 1.54) is 4.90 Å². The van der Waals surface area contributed by atoms with Crippen LogP contribution in [0.2, 0.25) is 0 Å². The van der Waals surface area contributed by atoms with E-state index in [-0.39, 0.29) is 17.8 Å². The summed E-state index contributed by atoms with van der Waals surface area (Å²) < 4.78 is 7.13. The van der Waals surface area contributed by atoms with Crippen LogP contribution in [-0.4, -0.2) is 40.4 Å². The Balaban J connectivity index is 1.51. The van der Waals surface area contributed by atoms with Crippen molar-refractivity contribution in [3.8, 4) is 0 Å². The standard InChI is InChI=1S/C22H20N2O4/c1-2-28-22(27)18-10-5-7-15-11-14-23(19(15)18)12-6-13-24-20(25)16-8-3-4-9-17(16)21(24)26/h3-5,7-11,14H,2,6,12-13H2,1H3. The zero-order chi connectivity index (χ0) is 19.7. The van der Waals surface area contributed by atoms with Gasteiger partial charge in [0.15, 0.2) is 0 Å². The molecule has 0 radical (unpaired) electrons. The fraction of sp³-hybridized carbons (Fsp3) is 0.227. The minimum Gasteiger partial charge on any atom is -0.462 e. The molecule has 1 aliphatic rings. The Kier molecular flexibility index (Phi) is 4.69. The van der Waals surface area contributed by atoms with Crippen molar-refractivity contribution in [2.24, 2.45) is 0 Å². The normalized spacial score (nSPS) is 13.2. The highest BCUT2D eigenvalue weighted by molar-refractivity contribution is 6.21. The lowest BCUT2D eigenvalue weighted by molar-refractivity contribution is 0.0527. The van der Waals surface area contributed by atoms with Crippen molar-refractivity contribution in [2.45, 2.75) is 19.9 Å². The van der Waals surface area contributed by atoms with Crippen LogP contribution in [0.15, 0.2) is 54.7 Å². The summed E-state index contributed by atoms with van der Waals surface area (Å²) in [7, 11) is 0. The molecule has 0 spiro atoms. The summed E-state index contributed by atoms with van der Waals surface area (Å²) in [6.45, 7) is 3.00. The number of benzene rings is 2. The Morgan fingerprint density at radius 2 is 1.64 bits per heavy atom. The molecule has 1 aromatic heterocycles. The molecule has 142 valence electrons. The number of imide groups is 1. The SMILES string of the molecule is CCOC(=O)c1cccc2ccn(CCCN3C(=O)c4ccccc4C3=O)c12. The van der Waals surface area contributed by atoms with E-state index in [0.29, 0.717) is 42.8 Å². The van der Waals surface area contributed by atoms with Crippen molar-refractivity contribution in [3.63, 3.8) is 0 Å². The molecule has 6 nitrogen and oxygen atoms in total. The number of hydrogen-bond donors (Lipinski definition) is 0. The molecule has 28 heavy (non-hydrogen) atoms. The van der Waals surface area contributed by atoms with Crippen molar-refractivity contribution in [1.82, 2.24) is 9.47 Å². The van der Waals surface area contributed by atoms with E-state index in [0.717, 1.165) is 10.9 Å². The third-order valence-electron chi connectivity index (χ3n) is 4.94. The number of carbonyl (C=O) groups is 3. The molecular formula is C22H20N2O4. The summed E-state index contributed by atoms with van der Waals surface area (Å²) in [5, 5.41) is 0.950. The predicted octanol–water partition coefficient (Wildman–Crippen LogP) is 3.50. The first-order chi connectivity index (χ1) is 13.6. The Labute approximate surface area is 162 Å². The second kappa shape index (κ2) is 7.31. The third kappa shape index (κ3) is 2.97. The topological polar surface area (TPSA) is 68.6 Å². The molecule has 2 heterocycles. The average molecular weight is 376 g/mol. The van der Waals surface area contributed by atoms with Gasteiger partial charge in [-0.1, -0.05) is 24.3 Å². The summed E-state index contributed by atoms with van der Waals surface area (Å²) in [6, 6.07) is 14.4. The van der Waals surface area contributed by atoms with Crippen LogP contribution in [0.1, 0.15) is 44.4 Å². The molecule has 4 rings (SSSR count). The van der Waals surface area contributed by atoms with Gasteiger partial charge < -0.3 is 9.30 Å². The first-order valence-electron chi connectivity index (χ1n) is 9.32. The molecule has 0 atom stereocenters. The van der Waals surface area contributed by atoms with Gasteiger partial charge in [-0.15, -0.1) is 0 Å². The summed E-state index contributed by atoms with van der Waals surface area (Å²) in [6.07, 6.45) is 2.50. The maximum Gasteiger partial charge on any atom is 0.340 e. The van der Waals surface area contributed by atoms with Crippen LogP contribution >= 0.6 is 0 Å². The molecular weight excluding hydrogens is 356 g/mol. The van der Waals surface area contributed by atoms with Crippen LogP contribution in [0, 0.1) is 0 Å². The van der Waals surface area contributed by atoms with Gasteiger partial charge in [-0.3, -0.25) is 14.5 Å². The van der Waals surface area contributed by atoms with Crippen molar-refractivity contribution in [3.05, 3.63) is 71.4 Å². The van der Waals surface area contributed by atoms with E-state index >= 15 is 0 Å². The number of carbonyl (C=O) groups excluding carboxylic acids is 3. The number of aromatic nitrogens is 1. The molecule has 0 fully saturated rings. The van der Waals surface area contributed by atoms with Crippen molar-refractivity contribution in [2.75, 3.05) is 13.2 Å². The van der Waals surface area contributed by atoms with Gasteiger partial charge >= 0.3 is 5.97 Å². The number of amides is 2. The van der Waals surface area contributed by atoms with E-state index in [1.54, 1.807) is 37.3 Å². The number of hydrogen-bond acceptors (Lipinski definition) is 4. The number of ether oxygens (including phenoxy) is 1. The first kappa shape index (κ1) is 18.0. The van der Waals surface area contributed by atoms with E-state index in [9.17, 15) is 14.4 Å². The smallest absolute Gasteiger partial charge is 0.340 e. The molecule has 0 saturated carbocycles. The van der Waals surface area contributed by atoms with Gasteiger partial charge in [0.25, 0.3) is 11.8 Å². The van der Waals surface area contributed by atoms with Crippen LogP contribution in [0.25, 0.3) is 10.9 Å².